The SMILES string of the molecule is CC(C)(C)c1ccc(COc2ccccc2C=CC(CCCCC(=O)O)CCc2ccc(-c3nnn[nH]3)cc2)cc1. The zero-order valence-corrected chi connectivity index (χ0v) is 24.2. The van der Waals surface area contributed by atoms with Gasteiger partial charge in [0.1, 0.15) is 12.4 Å². The molecule has 0 saturated heterocycles. The van der Waals surface area contributed by atoms with Crippen molar-refractivity contribution in [3.8, 4) is 17.1 Å². The number of aromatic amines is 1. The largest absolute Gasteiger partial charge is 0.488 e. The third-order valence-electron chi connectivity index (χ3n) is 7.27. The molecule has 1 atom stereocenters. The second-order valence-electron chi connectivity index (χ2n) is 11.5. The van der Waals surface area contributed by atoms with Gasteiger partial charge in [-0.1, -0.05) is 106 Å². The second kappa shape index (κ2) is 14.4. The van der Waals surface area contributed by atoms with Crippen molar-refractivity contribution in [1.29, 1.82) is 0 Å². The van der Waals surface area contributed by atoms with Gasteiger partial charge in [0, 0.05) is 17.5 Å². The van der Waals surface area contributed by atoms with Gasteiger partial charge in [-0.05, 0) is 70.2 Å². The topological polar surface area (TPSA) is 101 Å². The summed E-state index contributed by atoms with van der Waals surface area (Å²) in [6.07, 6.45) is 9.02. The predicted octanol–water partition coefficient (Wildman–Crippen LogP) is 7.65. The highest BCUT2D eigenvalue weighted by atomic mass is 16.5. The van der Waals surface area contributed by atoms with E-state index >= 15 is 0 Å². The van der Waals surface area contributed by atoms with Gasteiger partial charge in [0.15, 0.2) is 5.82 Å². The van der Waals surface area contributed by atoms with Crippen molar-refractivity contribution in [2.75, 3.05) is 0 Å². The lowest BCUT2D eigenvalue weighted by Gasteiger charge is -2.19. The summed E-state index contributed by atoms with van der Waals surface area (Å²) in [5.74, 6) is 1.09. The van der Waals surface area contributed by atoms with Crippen LogP contribution in [0.1, 0.15) is 75.1 Å². The number of tetrazole rings is 1. The Labute approximate surface area is 242 Å². The van der Waals surface area contributed by atoms with E-state index in [9.17, 15) is 4.79 Å². The highest BCUT2D eigenvalue weighted by Gasteiger charge is 2.13. The molecule has 0 bridgehead atoms. The first-order valence-electron chi connectivity index (χ1n) is 14.3. The summed E-state index contributed by atoms with van der Waals surface area (Å²) in [7, 11) is 0. The second-order valence-corrected chi connectivity index (χ2v) is 11.5. The zero-order chi connectivity index (χ0) is 29.1. The number of aryl methyl sites for hydroxylation is 1. The Bertz CT molecular complexity index is 1390. The van der Waals surface area contributed by atoms with Crippen LogP contribution >= 0.6 is 0 Å². The van der Waals surface area contributed by atoms with Crippen molar-refractivity contribution < 1.29 is 14.6 Å². The van der Waals surface area contributed by atoms with Gasteiger partial charge in [0.25, 0.3) is 0 Å². The Balaban J connectivity index is 1.40. The molecule has 214 valence electrons. The van der Waals surface area contributed by atoms with Gasteiger partial charge in [-0.2, -0.15) is 0 Å². The summed E-state index contributed by atoms with van der Waals surface area (Å²) in [4.78, 5) is 11.0. The zero-order valence-electron chi connectivity index (χ0n) is 24.2. The monoisotopic (exact) mass is 552 g/mol. The minimum atomic E-state index is -0.738. The van der Waals surface area contributed by atoms with E-state index in [1.807, 2.05) is 30.3 Å². The molecule has 0 spiro atoms. The van der Waals surface area contributed by atoms with Crippen molar-refractivity contribution in [3.63, 3.8) is 0 Å². The molecular weight excluding hydrogens is 512 g/mol. The Morgan fingerprint density at radius 2 is 1.68 bits per heavy atom. The number of nitrogens with one attached hydrogen (secondary N) is 1. The number of carbonyl (C=O) groups is 1. The Kier molecular flexibility index (Phi) is 10.4. The quantitative estimate of drug-likeness (QED) is 0.156. The van der Waals surface area contributed by atoms with Gasteiger partial charge < -0.3 is 9.84 Å². The molecule has 0 aliphatic rings. The normalized spacial score (nSPS) is 12.5. The van der Waals surface area contributed by atoms with Crippen LogP contribution in [0.25, 0.3) is 17.5 Å². The van der Waals surface area contributed by atoms with Crippen molar-refractivity contribution in [1.82, 2.24) is 20.6 Å². The van der Waals surface area contributed by atoms with Crippen LogP contribution < -0.4 is 4.74 Å². The first-order valence-corrected chi connectivity index (χ1v) is 14.3. The average molecular weight is 553 g/mol. The van der Waals surface area contributed by atoms with Crippen LogP contribution in [0.5, 0.6) is 5.75 Å². The number of benzene rings is 3. The number of hydrogen-bond donors (Lipinski definition) is 2. The molecule has 7 heteroatoms. The number of unbranched alkanes of at least 4 members (excludes halogenated alkanes) is 1. The third kappa shape index (κ3) is 9.41. The summed E-state index contributed by atoms with van der Waals surface area (Å²) in [6.45, 7) is 7.16. The van der Waals surface area contributed by atoms with Gasteiger partial charge in [0.05, 0.1) is 0 Å². The molecule has 41 heavy (non-hydrogen) atoms. The van der Waals surface area contributed by atoms with Gasteiger partial charge in [-0.15, -0.1) is 5.10 Å². The van der Waals surface area contributed by atoms with Crippen LogP contribution in [0.2, 0.25) is 0 Å². The van der Waals surface area contributed by atoms with E-state index in [0.29, 0.717) is 24.8 Å². The summed E-state index contributed by atoms with van der Waals surface area (Å²) in [5.41, 5.74) is 5.80. The van der Waals surface area contributed by atoms with Crippen molar-refractivity contribution in [2.24, 2.45) is 5.92 Å². The Hall–Kier alpha value is -4.26. The molecule has 7 nitrogen and oxygen atoms in total. The van der Waals surface area contributed by atoms with Crippen LogP contribution in [0.3, 0.4) is 0 Å². The highest BCUT2D eigenvalue weighted by Crippen LogP contribution is 2.26. The number of hydrogen-bond acceptors (Lipinski definition) is 5. The molecule has 0 radical (unpaired) electrons. The maximum atomic E-state index is 11.0. The molecular formula is C34H40N4O3. The number of carboxylic acid groups (broad SMARTS) is 1. The number of ether oxygens (including phenoxy) is 1. The summed E-state index contributed by atoms with van der Waals surface area (Å²) in [5, 5.41) is 23.1. The number of nitrogens with zero attached hydrogens (tertiary/aromatic N) is 3. The molecule has 4 aromatic rings. The number of H-pyrrole nitrogens is 1. The minimum absolute atomic E-state index is 0.125. The van der Waals surface area contributed by atoms with E-state index in [0.717, 1.165) is 48.1 Å². The van der Waals surface area contributed by atoms with Gasteiger partial charge in [-0.25, -0.2) is 5.10 Å². The Morgan fingerprint density at radius 3 is 2.37 bits per heavy atom. The summed E-state index contributed by atoms with van der Waals surface area (Å²) >= 11 is 0. The lowest BCUT2D eigenvalue weighted by atomic mass is 9.87. The van der Waals surface area contributed by atoms with E-state index in [1.165, 1.54) is 11.1 Å². The average Bonchev–Trinajstić information content (AvgIpc) is 3.51. The fraction of sp³-hybridized carbons (Fsp3) is 0.353. The first-order chi connectivity index (χ1) is 19.8. The molecule has 1 unspecified atom stereocenters. The fourth-order valence-electron chi connectivity index (χ4n) is 4.73. The van der Waals surface area contributed by atoms with Crippen LogP contribution in [-0.4, -0.2) is 31.7 Å². The van der Waals surface area contributed by atoms with Gasteiger partial charge in [-0.3, -0.25) is 4.79 Å². The van der Waals surface area contributed by atoms with Crippen molar-refractivity contribution >= 4 is 12.0 Å². The molecule has 0 fully saturated rings. The summed E-state index contributed by atoms with van der Waals surface area (Å²) in [6, 6.07) is 25.0. The molecule has 3 aromatic carbocycles. The standard InChI is InChI=1S/C34H40N4O3/c1-34(2,3)30-22-17-27(18-23-30)24-41-31-10-6-5-9-28(31)19-14-25(8-4-7-11-32(39)40)12-13-26-15-20-29(21-16-26)33-35-37-38-36-33/h5-6,9-10,14-23,25H,4,7-8,11-13,24H2,1-3H3,(H,39,40)(H,35,36,37,38). The fourth-order valence-corrected chi connectivity index (χ4v) is 4.73. The molecule has 1 aromatic heterocycles. The predicted molar refractivity (Wildman–Crippen MR) is 162 cm³/mol. The van der Waals surface area contributed by atoms with Gasteiger partial charge in [0.2, 0.25) is 0 Å². The van der Waals surface area contributed by atoms with E-state index in [1.54, 1.807) is 0 Å². The molecule has 4 rings (SSSR count). The smallest absolute Gasteiger partial charge is 0.303 e. The van der Waals surface area contributed by atoms with Crippen molar-refractivity contribution in [2.45, 2.75) is 71.3 Å². The molecule has 0 aliphatic heterocycles. The maximum Gasteiger partial charge on any atom is 0.303 e. The number of para-hydroxylation sites is 1. The van der Waals surface area contributed by atoms with Gasteiger partial charge >= 0.3 is 5.97 Å². The van der Waals surface area contributed by atoms with Crippen LogP contribution in [0.15, 0.2) is 78.9 Å². The van der Waals surface area contributed by atoms with Crippen LogP contribution in [-0.2, 0) is 23.2 Å². The van der Waals surface area contributed by atoms with Crippen LogP contribution in [0.4, 0.5) is 0 Å². The number of aromatic nitrogens is 4. The summed E-state index contributed by atoms with van der Waals surface area (Å²) < 4.78 is 6.24. The number of rotatable bonds is 14. The van der Waals surface area contributed by atoms with E-state index < -0.39 is 5.97 Å². The highest BCUT2D eigenvalue weighted by molar-refractivity contribution is 5.66. The lowest BCUT2D eigenvalue weighted by Crippen LogP contribution is -2.10. The third-order valence-corrected chi connectivity index (χ3v) is 7.27. The first kappa shape index (κ1) is 29.7. The Morgan fingerprint density at radius 1 is 0.951 bits per heavy atom. The number of allylic oxidation sites excluding steroid dienone is 1. The van der Waals surface area contributed by atoms with E-state index in [2.05, 4.69) is 96.0 Å². The van der Waals surface area contributed by atoms with E-state index in [4.69, 9.17) is 9.84 Å². The molecule has 2 N–H and O–H groups in total. The molecule has 0 aliphatic carbocycles. The minimum Gasteiger partial charge on any atom is -0.488 e. The number of aliphatic carboxylic acids is 1. The van der Waals surface area contributed by atoms with E-state index in [-0.39, 0.29) is 11.8 Å². The van der Waals surface area contributed by atoms with Crippen molar-refractivity contribution in [3.05, 3.63) is 101 Å². The molecule has 1 heterocycles. The molecule has 0 amide bonds. The van der Waals surface area contributed by atoms with Crippen LogP contribution in [0, 0.1) is 5.92 Å². The lowest BCUT2D eigenvalue weighted by molar-refractivity contribution is -0.137. The molecule has 0 saturated carbocycles. The maximum absolute atomic E-state index is 11.0. The number of carboxylic acids is 1.